The quantitative estimate of drug-likeness (QED) is 0.470. The van der Waals surface area contributed by atoms with Crippen molar-refractivity contribution in [2.75, 3.05) is 19.7 Å². The van der Waals surface area contributed by atoms with Crippen LogP contribution >= 0.6 is 19.0 Å². The van der Waals surface area contributed by atoms with Crippen molar-refractivity contribution in [1.82, 2.24) is 10.2 Å². The summed E-state index contributed by atoms with van der Waals surface area (Å²) >= 11 is 5.32. The zero-order chi connectivity index (χ0) is 6.62. The van der Waals surface area contributed by atoms with Gasteiger partial charge in [0.1, 0.15) is 5.62 Å². The molecule has 0 aromatic rings. The second-order valence-electron chi connectivity index (χ2n) is 1.31. The largest absolute Gasteiger partial charge is 0.288 e. The third kappa shape index (κ3) is 2.14. The molecular weight excluding hydrogens is 146 g/mol. The summed E-state index contributed by atoms with van der Waals surface area (Å²) in [7, 11) is 0.825. The molecule has 0 atom stereocenters. The molecule has 0 fully saturated rings. The maximum absolute atomic E-state index is 11.0. The van der Waals surface area contributed by atoms with Crippen LogP contribution in [0.15, 0.2) is 0 Å². The predicted octanol–water partition coefficient (Wildman–Crippen LogP) is 0.815. The summed E-state index contributed by atoms with van der Waals surface area (Å²) in [5, 5.41) is 5.18. The van der Waals surface area contributed by atoms with Gasteiger partial charge < -0.3 is 0 Å². The molecule has 5 heteroatoms. The van der Waals surface area contributed by atoms with Crippen LogP contribution in [0, 0.1) is 0 Å². The van der Waals surface area contributed by atoms with Gasteiger partial charge in [-0.2, -0.15) is 0 Å². The molecule has 0 amide bonds. The van der Waals surface area contributed by atoms with E-state index >= 15 is 0 Å². The van der Waals surface area contributed by atoms with Crippen LogP contribution in [0.1, 0.15) is 0 Å². The van der Waals surface area contributed by atoms with E-state index < -0.39 is 7.44 Å². The normalized spacial score (nSPS) is 11.9. The van der Waals surface area contributed by atoms with Crippen molar-refractivity contribution >= 4 is 19.0 Å². The molecule has 2 N–H and O–H groups in total. The summed E-state index contributed by atoms with van der Waals surface area (Å²) in [5.41, 5.74) is 0.125. The number of hydrogen-bond acceptors (Lipinski definition) is 1. The van der Waals surface area contributed by atoms with Crippen LogP contribution in [0.25, 0.3) is 0 Å². The van der Waals surface area contributed by atoms with Crippen molar-refractivity contribution < 1.29 is 4.57 Å². The molecule has 0 aliphatic heterocycles. The predicted molar refractivity (Wildman–Crippen MR) is 36.4 cm³/mol. The first-order chi connectivity index (χ1) is 3.68. The smallest absolute Gasteiger partial charge is 0.225 e. The first-order valence-corrected chi connectivity index (χ1v) is 4.64. The molecule has 0 saturated heterocycles. The summed E-state index contributed by atoms with van der Waals surface area (Å²) in [4.78, 5) is 0. The van der Waals surface area contributed by atoms with E-state index in [1.54, 1.807) is 14.1 Å². The van der Waals surface area contributed by atoms with Crippen molar-refractivity contribution in [3.05, 3.63) is 0 Å². The Balaban J connectivity index is 3.79. The van der Waals surface area contributed by atoms with Gasteiger partial charge in [-0.25, -0.2) is 0 Å². The van der Waals surface area contributed by atoms with Gasteiger partial charge in [-0.15, -0.1) is 11.6 Å². The Kier molecular flexibility index (Phi) is 3.65. The number of rotatable bonds is 3. The van der Waals surface area contributed by atoms with Crippen molar-refractivity contribution in [3.63, 3.8) is 0 Å². The van der Waals surface area contributed by atoms with Crippen LogP contribution in [0.3, 0.4) is 0 Å². The minimum atomic E-state index is -2.40. The molecule has 0 heterocycles. The van der Waals surface area contributed by atoms with Crippen molar-refractivity contribution in [1.29, 1.82) is 0 Å². The van der Waals surface area contributed by atoms with Crippen LogP contribution < -0.4 is 10.2 Å². The van der Waals surface area contributed by atoms with E-state index in [4.69, 9.17) is 11.6 Å². The summed E-state index contributed by atoms with van der Waals surface area (Å²) in [5.74, 6) is 0. The zero-order valence-electron chi connectivity index (χ0n) is 4.94. The highest BCUT2D eigenvalue weighted by atomic mass is 35.5. The van der Waals surface area contributed by atoms with Gasteiger partial charge in [-0.3, -0.25) is 14.7 Å². The first-order valence-electron chi connectivity index (χ1n) is 2.21. The SMILES string of the molecule is CNP(=O)(CCl)NC. The van der Waals surface area contributed by atoms with Gasteiger partial charge in [-0.05, 0) is 14.1 Å². The molecule has 0 bridgehead atoms. The van der Waals surface area contributed by atoms with E-state index in [0.717, 1.165) is 0 Å². The maximum Gasteiger partial charge on any atom is 0.225 e. The first kappa shape index (κ1) is 8.44. The molecule has 0 aromatic heterocycles. The minimum absolute atomic E-state index is 0.125. The number of alkyl halides is 1. The van der Waals surface area contributed by atoms with E-state index in [0.29, 0.717) is 0 Å². The summed E-state index contributed by atoms with van der Waals surface area (Å²) < 4.78 is 11.0. The second kappa shape index (κ2) is 3.46. The Labute approximate surface area is 54.3 Å². The lowest BCUT2D eigenvalue weighted by Crippen LogP contribution is -2.15. The van der Waals surface area contributed by atoms with Gasteiger partial charge in [0.15, 0.2) is 0 Å². The average molecular weight is 157 g/mol. The van der Waals surface area contributed by atoms with Crippen molar-refractivity contribution in [2.24, 2.45) is 0 Å². The second-order valence-corrected chi connectivity index (χ2v) is 4.64. The monoisotopic (exact) mass is 156 g/mol. The molecule has 8 heavy (non-hydrogen) atoms. The van der Waals surface area contributed by atoms with Gasteiger partial charge in [-0.1, -0.05) is 0 Å². The molecule has 0 aliphatic carbocycles. The highest BCUT2D eigenvalue weighted by Gasteiger charge is 2.12. The van der Waals surface area contributed by atoms with Crippen molar-refractivity contribution in [3.8, 4) is 0 Å². The maximum atomic E-state index is 11.0. The third-order valence-corrected chi connectivity index (χ3v) is 3.68. The number of hydrogen-bond donors (Lipinski definition) is 2. The summed E-state index contributed by atoms with van der Waals surface area (Å²) in [6.07, 6.45) is 0. The lowest BCUT2D eigenvalue weighted by Gasteiger charge is -2.10. The lowest BCUT2D eigenvalue weighted by atomic mass is 11.6. The Morgan fingerprint density at radius 1 is 1.50 bits per heavy atom. The Bertz CT molecular complexity index is 88.4. The standard InChI is InChI=1S/C3H10ClN2OP/c1-5-8(7,3-4)6-2/h3H2,1-2H3,(H2,5,6,7). The fourth-order valence-corrected chi connectivity index (χ4v) is 1.41. The Morgan fingerprint density at radius 2 is 1.88 bits per heavy atom. The topological polar surface area (TPSA) is 41.1 Å². The summed E-state index contributed by atoms with van der Waals surface area (Å²) in [6, 6.07) is 0. The molecule has 50 valence electrons. The van der Waals surface area contributed by atoms with E-state index in [9.17, 15) is 4.57 Å². The molecule has 0 aromatic carbocycles. The van der Waals surface area contributed by atoms with Crippen LogP contribution in [0.2, 0.25) is 0 Å². The molecule has 0 aliphatic rings. The molecule has 0 rings (SSSR count). The number of halogens is 1. The molecule has 0 spiro atoms. The van der Waals surface area contributed by atoms with E-state index in [1.165, 1.54) is 0 Å². The lowest BCUT2D eigenvalue weighted by molar-refractivity contribution is 0.566. The Morgan fingerprint density at radius 3 is 1.88 bits per heavy atom. The van der Waals surface area contributed by atoms with Gasteiger partial charge in [0.2, 0.25) is 7.44 Å². The van der Waals surface area contributed by atoms with E-state index in [1.807, 2.05) is 0 Å². The molecular formula is C3H10ClN2OP. The fraction of sp³-hybridized carbons (Fsp3) is 1.00. The van der Waals surface area contributed by atoms with Crippen LogP contribution in [0.5, 0.6) is 0 Å². The fourth-order valence-electron chi connectivity index (χ4n) is 0.231. The third-order valence-electron chi connectivity index (χ3n) is 0.891. The van der Waals surface area contributed by atoms with Crippen molar-refractivity contribution in [2.45, 2.75) is 0 Å². The van der Waals surface area contributed by atoms with Crippen LogP contribution in [0.4, 0.5) is 0 Å². The van der Waals surface area contributed by atoms with Crippen LogP contribution in [-0.4, -0.2) is 19.7 Å². The van der Waals surface area contributed by atoms with E-state index in [-0.39, 0.29) is 5.62 Å². The molecule has 0 radical (unpaired) electrons. The zero-order valence-corrected chi connectivity index (χ0v) is 6.59. The van der Waals surface area contributed by atoms with Gasteiger partial charge in [0, 0.05) is 0 Å². The van der Waals surface area contributed by atoms with Crippen LogP contribution in [-0.2, 0) is 4.57 Å². The Hall–Kier alpha value is 0.440. The molecule has 0 unspecified atom stereocenters. The average Bonchev–Trinajstić information content (AvgIpc) is 1.87. The van der Waals surface area contributed by atoms with Gasteiger partial charge in [0.25, 0.3) is 0 Å². The molecule has 0 saturated carbocycles. The van der Waals surface area contributed by atoms with Gasteiger partial charge in [0.05, 0.1) is 0 Å². The number of nitrogens with one attached hydrogen (secondary N) is 2. The minimum Gasteiger partial charge on any atom is -0.288 e. The highest BCUT2D eigenvalue weighted by molar-refractivity contribution is 7.61. The van der Waals surface area contributed by atoms with E-state index in [2.05, 4.69) is 10.2 Å². The van der Waals surface area contributed by atoms with Gasteiger partial charge >= 0.3 is 0 Å². The highest BCUT2D eigenvalue weighted by Crippen LogP contribution is 2.34. The summed E-state index contributed by atoms with van der Waals surface area (Å²) in [6.45, 7) is 0. The molecule has 3 nitrogen and oxygen atoms in total.